The smallest absolute Gasteiger partial charge is 0.301 e. The van der Waals surface area contributed by atoms with E-state index >= 15 is 0 Å². The van der Waals surface area contributed by atoms with Crippen molar-refractivity contribution in [1.29, 1.82) is 0 Å². The first-order chi connectivity index (χ1) is 8.62. The van der Waals surface area contributed by atoms with Crippen molar-refractivity contribution >= 4 is 32.8 Å². The van der Waals surface area contributed by atoms with Crippen molar-refractivity contribution in [1.82, 2.24) is 0 Å². The van der Waals surface area contributed by atoms with Crippen LogP contribution in [-0.4, -0.2) is 4.89 Å². The molecule has 0 saturated carbocycles. The number of thiol groups is 1. The normalized spacial score (nSPS) is 13.7. The summed E-state index contributed by atoms with van der Waals surface area (Å²) in [4.78, 5) is 8.81. The molecule has 0 bridgehead atoms. The number of unbranched alkanes of at least 4 members (excludes halogenated alkanes) is 7. The van der Waals surface area contributed by atoms with E-state index in [-0.39, 0.29) is 0 Å². The topological polar surface area (TPSA) is 55.8 Å². The van der Waals surface area contributed by atoms with Crippen LogP contribution >= 0.6 is 32.8 Å². The predicted octanol–water partition coefficient (Wildman–Crippen LogP) is 4.71. The van der Waals surface area contributed by atoms with Crippen LogP contribution in [0.1, 0.15) is 58.3 Å². The van der Waals surface area contributed by atoms with Crippen LogP contribution in [0.5, 0.6) is 0 Å². The summed E-state index contributed by atoms with van der Waals surface area (Å²) in [5.41, 5.74) is 0. The quantitative estimate of drug-likeness (QED) is 0.201. The molecule has 0 spiro atoms. The van der Waals surface area contributed by atoms with Crippen LogP contribution in [0.3, 0.4) is 0 Å². The van der Waals surface area contributed by atoms with Gasteiger partial charge in [0, 0.05) is 6.42 Å². The zero-order chi connectivity index (χ0) is 13.7. The monoisotopic (exact) mass is 312 g/mol. The summed E-state index contributed by atoms with van der Waals surface area (Å²) in [5, 5.41) is 2.59. The third kappa shape index (κ3) is 12.8. The van der Waals surface area contributed by atoms with Gasteiger partial charge in [-0.3, -0.25) is 0 Å². The molecule has 0 aliphatic heterocycles. The van der Waals surface area contributed by atoms with Crippen molar-refractivity contribution in [3.63, 3.8) is 0 Å². The minimum absolute atomic E-state index is 0.612. The predicted molar refractivity (Wildman–Crippen MR) is 79.0 cm³/mol. The molecule has 0 aliphatic rings. The lowest BCUT2D eigenvalue weighted by Gasteiger charge is -2.01. The van der Waals surface area contributed by atoms with E-state index in [0.29, 0.717) is 12.0 Å². The van der Waals surface area contributed by atoms with E-state index in [9.17, 15) is 4.57 Å². The van der Waals surface area contributed by atoms with Crippen LogP contribution < -0.4 is 0 Å². The fourth-order valence-electron chi connectivity index (χ4n) is 1.33. The molecule has 18 heavy (non-hydrogen) atoms. The Kier molecular flexibility index (Phi) is 12.7. The number of hydrogen-bond acceptors (Lipinski definition) is 5. The molecule has 4 nitrogen and oxygen atoms in total. The summed E-state index contributed by atoms with van der Waals surface area (Å²) < 4.78 is 19.1. The summed E-state index contributed by atoms with van der Waals surface area (Å²) in [7, 11) is -4.03. The summed E-state index contributed by atoms with van der Waals surface area (Å²) in [6.45, 7) is 2.21. The first-order valence-corrected chi connectivity index (χ1v) is 8.71. The summed E-state index contributed by atoms with van der Waals surface area (Å²) in [6, 6.07) is 0. The lowest BCUT2D eigenvalue weighted by molar-refractivity contribution is 0.326. The molecule has 7 heteroatoms. The van der Waals surface area contributed by atoms with Crippen molar-refractivity contribution in [2.24, 2.45) is 0 Å². The third-order valence-electron chi connectivity index (χ3n) is 2.25. The average molecular weight is 312 g/mol. The van der Waals surface area contributed by atoms with Gasteiger partial charge in [-0.15, -0.1) is 0 Å². The van der Waals surface area contributed by atoms with Gasteiger partial charge in [0.1, 0.15) is 0 Å². The van der Waals surface area contributed by atoms with Crippen LogP contribution in [0, 0.1) is 11.2 Å². The fraction of sp³-hybridized carbons (Fsp3) is 0.818. The molecule has 0 aliphatic carbocycles. The average Bonchev–Trinajstić information content (AvgIpc) is 2.36. The van der Waals surface area contributed by atoms with Gasteiger partial charge in [-0.1, -0.05) is 51.4 Å². The number of rotatable bonds is 10. The Morgan fingerprint density at radius 2 is 1.83 bits per heavy atom. The van der Waals surface area contributed by atoms with E-state index in [2.05, 4.69) is 38.9 Å². The highest BCUT2D eigenvalue weighted by molar-refractivity contribution is 8.02. The van der Waals surface area contributed by atoms with E-state index in [1.807, 2.05) is 0 Å². The minimum atomic E-state index is -4.03. The zero-order valence-electron chi connectivity index (χ0n) is 10.6. The first kappa shape index (κ1) is 18.4. The van der Waals surface area contributed by atoms with Gasteiger partial charge in [0.25, 0.3) is 0 Å². The number of hydrogen-bond donors (Lipinski definition) is 2. The van der Waals surface area contributed by atoms with Crippen molar-refractivity contribution in [2.45, 2.75) is 58.3 Å². The molecule has 1 N–H and O–H groups in total. The zero-order valence-corrected chi connectivity index (χ0v) is 13.2. The van der Waals surface area contributed by atoms with Crippen LogP contribution in [0.15, 0.2) is 0 Å². The first-order valence-electron chi connectivity index (χ1n) is 6.11. The van der Waals surface area contributed by atoms with E-state index in [1.165, 1.54) is 38.5 Å². The Morgan fingerprint density at radius 1 is 1.22 bits per heavy atom. The van der Waals surface area contributed by atoms with Crippen molar-refractivity contribution in [3.8, 4) is 11.2 Å². The molecule has 1 atom stereocenters. The highest BCUT2D eigenvalue weighted by Gasteiger charge is 2.19. The molecule has 106 valence electrons. The van der Waals surface area contributed by atoms with E-state index < -0.39 is 7.82 Å². The Hall–Kier alpha value is 0.370. The second-order valence-electron chi connectivity index (χ2n) is 3.86. The SMILES string of the molecule is CCCCCCCCCC#CSOP(=O)(O)OS. The summed E-state index contributed by atoms with van der Waals surface area (Å²) in [5.74, 6) is 2.86. The molecule has 0 aromatic heterocycles. The Bertz CT molecular complexity index is 301. The molecule has 0 radical (unpaired) electrons. The van der Waals surface area contributed by atoms with Crippen LogP contribution in [0.2, 0.25) is 0 Å². The van der Waals surface area contributed by atoms with Crippen molar-refractivity contribution < 1.29 is 17.4 Å². The number of phosphoric acid groups is 1. The molecule has 1 unspecified atom stereocenters. The lowest BCUT2D eigenvalue weighted by atomic mass is 10.1. The van der Waals surface area contributed by atoms with Gasteiger partial charge in [-0.2, -0.15) is 0 Å². The molecule has 0 amide bonds. The van der Waals surface area contributed by atoms with Gasteiger partial charge < -0.3 is 4.89 Å². The molecule has 0 fully saturated rings. The molecule has 0 aromatic carbocycles. The summed E-state index contributed by atoms with van der Waals surface area (Å²) in [6.07, 6.45) is 9.48. The van der Waals surface area contributed by atoms with Crippen LogP contribution in [-0.2, 0) is 12.5 Å². The second-order valence-corrected chi connectivity index (χ2v) is 6.42. The highest BCUT2D eigenvalue weighted by atomic mass is 32.2. The molecule has 0 saturated heterocycles. The van der Waals surface area contributed by atoms with Crippen LogP contribution in [0.4, 0.5) is 0 Å². The van der Waals surface area contributed by atoms with Gasteiger partial charge in [-0.25, -0.2) is 12.5 Å². The third-order valence-corrected chi connectivity index (χ3v) is 4.36. The Morgan fingerprint density at radius 3 is 2.44 bits per heavy atom. The van der Waals surface area contributed by atoms with Crippen molar-refractivity contribution in [2.75, 3.05) is 0 Å². The highest BCUT2D eigenvalue weighted by Crippen LogP contribution is 2.47. The maximum atomic E-state index is 10.8. The van der Waals surface area contributed by atoms with Gasteiger partial charge in [-0.05, 0) is 24.6 Å². The van der Waals surface area contributed by atoms with Gasteiger partial charge in [0.15, 0.2) is 0 Å². The molecule has 0 rings (SSSR count). The minimum Gasteiger partial charge on any atom is -0.301 e. The largest absolute Gasteiger partial charge is 0.495 e. The van der Waals surface area contributed by atoms with E-state index in [4.69, 9.17) is 4.89 Å². The summed E-state index contributed by atoms with van der Waals surface area (Å²) >= 11 is 3.82. The molecule has 0 aromatic rings. The van der Waals surface area contributed by atoms with Gasteiger partial charge in [0.2, 0.25) is 0 Å². The Labute approximate surface area is 120 Å². The molecule has 0 heterocycles. The van der Waals surface area contributed by atoms with Crippen molar-refractivity contribution in [3.05, 3.63) is 0 Å². The Balaban J connectivity index is 3.32. The second kappa shape index (κ2) is 12.4. The molecular formula is C11H21O4PS2. The van der Waals surface area contributed by atoms with Crippen LogP contribution in [0.25, 0.3) is 0 Å². The van der Waals surface area contributed by atoms with E-state index in [0.717, 1.165) is 12.8 Å². The van der Waals surface area contributed by atoms with Gasteiger partial charge in [0.05, 0.1) is 12.0 Å². The van der Waals surface area contributed by atoms with Gasteiger partial charge >= 0.3 is 7.82 Å². The maximum Gasteiger partial charge on any atom is 0.495 e. The lowest BCUT2D eigenvalue weighted by Crippen LogP contribution is -1.79. The molecular weight excluding hydrogens is 291 g/mol. The van der Waals surface area contributed by atoms with E-state index in [1.54, 1.807) is 0 Å². The standard InChI is InChI=1S/C11H21O4PS2/c1-2-3-4-5-6-7-8-9-10-11-18-15-16(12,13)14-17/h17H,2-9H2,1H3,(H,12,13). The fourth-order valence-corrected chi connectivity index (χ4v) is 2.37. The maximum absolute atomic E-state index is 10.8.